The number of aromatic amines is 2. The van der Waals surface area contributed by atoms with E-state index in [-0.39, 0.29) is 11.4 Å². The van der Waals surface area contributed by atoms with Gasteiger partial charge < -0.3 is 0 Å². The molecule has 2 aromatic rings. The molecule has 20 heavy (non-hydrogen) atoms. The van der Waals surface area contributed by atoms with Crippen molar-refractivity contribution in [1.29, 1.82) is 0 Å². The average Bonchev–Trinajstić information content (AvgIpc) is 3.03. The fourth-order valence-corrected chi connectivity index (χ4v) is 3.40. The minimum Gasteiger partial charge on any atom is -0.284 e. The molecule has 0 aliphatic heterocycles. The maximum absolute atomic E-state index is 12.0. The Kier molecular flexibility index (Phi) is 3.58. The normalized spacial score (nSPS) is 15.8. The van der Waals surface area contributed by atoms with E-state index in [0.29, 0.717) is 0 Å². The number of nitrogens with one attached hydrogen (secondary N) is 3. The molecule has 0 atom stereocenters. The van der Waals surface area contributed by atoms with Gasteiger partial charge in [0, 0.05) is 11.9 Å². The van der Waals surface area contributed by atoms with Crippen molar-refractivity contribution in [2.24, 2.45) is 0 Å². The van der Waals surface area contributed by atoms with Crippen molar-refractivity contribution in [2.45, 2.75) is 43.5 Å². The minimum atomic E-state index is -3.53. The summed E-state index contributed by atoms with van der Waals surface area (Å²) in [6, 6.07) is 0. The lowest BCUT2D eigenvalue weighted by Crippen LogP contribution is -2.23. The van der Waals surface area contributed by atoms with Crippen molar-refractivity contribution in [3.8, 4) is 0 Å². The van der Waals surface area contributed by atoms with Crippen LogP contribution in [0.2, 0.25) is 0 Å². The van der Waals surface area contributed by atoms with Gasteiger partial charge in [-0.15, -0.1) is 0 Å². The molecule has 0 bridgehead atoms. The molecular weight excluding hydrogens is 278 g/mol. The number of aryl methyl sites for hydroxylation is 1. The summed E-state index contributed by atoms with van der Waals surface area (Å²) in [5, 5.41) is 13.4. The van der Waals surface area contributed by atoms with Crippen molar-refractivity contribution in [2.75, 3.05) is 0 Å². The second-order valence-electron chi connectivity index (χ2n) is 4.95. The standard InChI is InChI=1S/C12H17N5O2S/c18-20(19,9-6-13-14-7-9)15-8-12-10-4-2-1-3-5-11(10)16-17-12/h6-7,15H,1-5,8H2,(H,13,14)(H,16,17). The summed E-state index contributed by atoms with van der Waals surface area (Å²) in [6.45, 7) is 0.208. The van der Waals surface area contributed by atoms with Crippen molar-refractivity contribution in [3.63, 3.8) is 0 Å². The molecule has 0 spiro atoms. The predicted molar refractivity (Wildman–Crippen MR) is 72.5 cm³/mol. The van der Waals surface area contributed by atoms with Gasteiger partial charge >= 0.3 is 0 Å². The quantitative estimate of drug-likeness (QED) is 0.728. The molecule has 0 fully saturated rings. The Morgan fingerprint density at radius 1 is 1.25 bits per heavy atom. The molecule has 7 nitrogen and oxygen atoms in total. The third-order valence-electron chi connectivity index (χ3n) is 3.61. The van der Waals surface area contributed by atoms with Gasteiger partial charge in [0.1, 0.15) is 4.90 Å². The largest absolute Gasteiger partial charge is 0.284 e. The Morgan fingerprint density at radius 2 is 2.10 bits per heavy atom. The molecule has 1 aliphatic carbocycles. The van der Waals surface area contributed by atoms with E-state index >= 15 is 0 Å². The van der Waals surface area contributed by atoms with Gasteiger partial charge in [-0.05, 0) is 31.2 Å². The zero-order chi connectivity index (χ0) is 14.0. The first-order chi connectivity index (χ1) is 9.67. The smallest absolute Gasteiger partial charge is 0.244 e. The number of aromatic nitrogens is 4. The summed E-state index contributed by atoms with van der Waals surface area (Å²) in [6.07, 6.45) is 8.11. The maximum Gasteiger partial charge on any atom is 0.244 e. The van der Waals surface area contributed by atoms with Crippen LogP contribution in [0.4, 0.5) is 0 Å². The third kappa shape index (κ3) is 2.61. The maximum atomic E-state index is 12.0. The number of nitrogens with zero attached hydrogens (tertiary/aromatic N) is 2. The van der Waals surface area contributed by atoms with Gasteiger partial charge in [-0.1, -0.05) is 6.42 Å². The molecule has 0 saturated carbocycles. The van der Waals surface area contributed by atoms with Gasteiger partial charge in [-0.25, -0.2) is 13.1 Å². The Hall–Kier alpha value is -1.67. The van der Waals surface area contributed by atoms with Gasteiger partial charge in [-0.3, -0.25) is 10.2 Å². The summed E-state index contributed by atoms with van der Waals surface area (Å²) in [5.74, 6) is 0. The first kappa shape index (κ1) is 13.3. The van der Waals surface area contributed by atoms with Crippen LogP contribution in [-0.2, 0) is 29.4 Å². The van der Waals surface area contributed by atoms with Gasteiger partial charge in [0.25, 0.3) is 0 Å². The van der Waals surface area contributed by atoms with Crippen molar-refractivity contribution in [3.05, 3.63) is 29.3 Å². The van der Waals surface area contributed by atoms with Crippen LogP contribution in [0.25, 0.3) is 0 Å². The van der Waals surface area contributed by atoms with E-state index in [4.69, 9.17) is 0 Å². The molecule has 0 amide bonds. The van der Waals surface area contributed by atoms with E-state index in [1.54, 1.807) is 0 Å². The molecule has 3 N–H and O–H groups in total. The summed E-state index contributed by atoms with van der Waals surface area (Å²) in [5.41, 5.74) is 3.13. The Morgan fingerprint density at radius 3 is 2.90 bits per heavy atom. The molecular formula is C12H17N5O2S. The monoisotopic (exact) mass is 295 g/mol. The fraction of sp³-hybridized carbons (Fsp3) is 0.500. The number of H-pyrrole nitrogens is 2. The summed E-state index contributed by atoms with van der Waals surface area (Å²) in [4.78, 5) is 0.138. The molecule has 0 aromatic carbocycles. The van der Waals surface area contributed by atoms with E-state index in [2.05, 4.69) is 25.1 Å². The number of rotatable bonds is 4. The molecule has 0 saturated heterocycles. The zero-order valence-electron chi connectivity index (χ0n) is 11.0. The van der Waals surface area contributed by atoms with Crippen LogP contribution < -0.4 is 4.72 Å². The van der Waals surface area contributed by atoms with Crippen LogP contribution in [-0.4, -0.2) is 28.8 Å². The second kappa shape index (κ2) is 5.37. The van der Waals surface area contributed by atoms with Crippen molar-refractivity contribution >= 4 is 10.0 Å². The van der Waals surface area contributed by atoms with Gasteiger partial charge in [0.15, 0.2) is 0 Å². The van der Waals surface area contributed by atoms with Crippen LogP contribution in [0.3, 0.4) is 0 Å². The first-order valence-electron chi connectivity index (χ1n) is 6.70. The number of sulfonamides is 1. The molecule has 0 radical (unpaired) electrons. The highest BCUT2D eigenvalue weighted by molar-refractivity contribution is 7.89. The molecule has 2 aromatic heterocycles. The summed E-state index contributed by atoms with van der Waals surface area (Å²) < 4.78 is 26.6. The summed E-state index contributed by atoms with van der Waals surface area (Å²) in [7, 11) is -3.53. The Bertz CT molecular complexity index is 675. The lowest BCUT2D eigenvalue weighted by molar-refractivity contribution is 0.580. The highest BCUT2D eigenvalue weighted by atomic mass is 32.2. The van der Waals surface area contributed by atoms with E-state index in [9.17, 15) is 8.42 Å². The Labute approximate surface area is 117 Å². The SMILES string of the molecule is O=S(=O)(NCc1n[nH]c2c1CCCCC2)c1cn[nH]c1. The fourth-order valence-electron chi connectivity index (χ4n) is 2.51. The molecule has 8 heteroatoms. The first-order valence-corrected chi connectivity index (χ1v) is 8.18. The average molecular weight is 295 g/mol. The molecule has 3 rings (SSSR count). The number of hydrogen-bond donors (Lipinski definition) is 3. The zero-order valence-corrected chi connectivity index (χ0v) is 11.8. The van der Waals surface area contributed by atoms with Crippen LogP contribution in [0, 0.1) is 0 Å². The van der Waals surface area contributed by atoms with E-state index in [1.165, 1.54) is 24.4 Å². The molecule has 108 valence electrons. The molecule has 2 heterocycles. The molecule has 1 aliphatic rings. The van der Waals surface area contributed by atoms with Gasteiger partial charge in [0.05, 0.1) is 18.4 Å². The Balaban J connectivity index is 1.75. The van der Waals surface area contributed by atoms with Crippen LogP contribution >= 0.6 is 0 Å². The van der Waals surface area contributed by atoms with E-state index in [0.717, 1.165) is 37.1 Å². The van der Waals surface area contributed by atoms with E-state index in [1.807, 2.05) is 0 Å². The van der Waals surface area contributed by atoms with Crippen LogP contribution in [0.1, 0.15) is 36.2 Å². The topological polar surface area (TPSA) is 104 Å². The van der Waals surface area contributed by atoms with Crippen LogP contribution in [0.15, 0.2) is 17.3 Å². The predicted octanol–water partition coefficient (Wildman–Crippen LogP) is 0.880. The minimum absolute atomic E-state index is 0.138. The lowest BCUT2D eigenvalue weighted by atomic mass is 10.1. The highest BCUT2D eigenvalue weighted by Crippen LogP contribution is 2.21. The van der Waals surface area contributed by atoms with E-state index < -0.39 is 10.0 Å². The number of hydrogen-bond acceptors (Lipinski definition) is 4. The van der Waals surface area contributed by atoms with Crippen molar-refractivity contribution in [1.82, 2.24) is 25.1 Å². The number of fused-ring (bicyclic) bond motifs is 1. The van der Waals surface area contributed by atoms with Crippen molar-refractivity contribution < 1.29 is 8.42 Å². The lowest BCUT2D eigenvalue weighted by Gasteiger charge is -2.05. The summed E-state index contributed by atoms with van der Waals surface area (Å²) >= 11 is 0. The second-order valence-corrected chi connectivity index (χ2v) is 6.71. The van der Waals surface area contributed by atoms with Gasteiger partial charge in [-0.2, -0.15) is 10.2 Å². The third-order valence-corrected chi connectivity index (χ3v) is 4.97. The van der Waals surface area contributed by atoms with Gasteiger partial charge in [0.2, 0.25) is 10.0 Å². The highest BCUT2D eigenvalue weighted by Gasteiger charge is 2.19. The van der Waals surface area contributed by atoms with Crippen LogP contribution in [0.5, 0.6) is 0 Å². The molecule has 0 unspecified atom stereocenters.